The zero-order valence-corrected chi connectivity index (χ0v) is 13.2. The average molecular weight is 282 g/mol. The first-order chi connectivity index (χ1) is 9.22. The van der Waals surface area contributed by atoms with Crippen LogP contribution in [-0.4, -0.2) is 22.4 Å². The summed E-state index contributed by atoms with van der Waals surface area (Å²) in [5, 5.41) is 20.5. The van der Waals surface area contributed by atoms with Gasteiger partial charge in [0, 0.05) is 0 Å². The maximum Gasteiger partial charge on any atom is 0.207 e. The molecule has 0 aromatic carbocycles. The highest BCUT2D eigenvalue weighted by Gasteiger charge is 2.25. The molecule has 20 heavy (non-hydrogen) atoms. The third kappa shape index (κ3) is 4.22. The number of aliphatic hydroxyl groups excluding tert-OH is 2. The van der Waals surface area contributed by atoms with Crippen molar-refractivity contribution in [2.45, 2.75) is 53.8 Å². The Morgan fingerprint density at radius 1 is 0.800 bits per heavy atom. The zero-order valence-electron chi connectivity index (χ0n) is 13.2. The summed E-state index contributed by atoms with van der Waals surface area (Å²) in [5.41, 5.74) is 0. The van der Waals surface area contributed by atoms with Crippen molar-refractivity contribution in [3.8, 4) is 0 Å². The Balaban J connectivity index is 3.38. The van der Waals surface area contributed by atoms with E-state index in [-0.39, 0.29) is 47.1 Å². The molecule has 0 radical (unpaired) electrons. The average Bonchev–Trinajstić information content (AvgIpc) is 2.31. The smallest absolute Gasteiger partial charge is 0.207 e. The number of allylic oxidation sites excluding steroid dienone is 2. The molecule has 2 unspecified atom stereocenters. The van der Waals surface area contributed by atoms with Gasteiger partial charge in [-0.2, -0.15) is 0 Å². The van der Waals surface area contributed by atoms with Gasteiger partial charge >= 0.3 is 0 Å². The van der Waals surface area contributed by atoms with E-state index in [1.165, 1.54) is 0 Å². The van der Waals surface area contributed by atoms with Crippen molar-refractivity contribution in [2.75, 3.05) is 0 Å². The third-order valence-electron chi connectivity index (χ3n) is 3.05. The minimum absolute atomic E-state index is 0.00773. The lowest BCUT2D eigenvalue weighted by molar-refractivity contribution is 0.0815. The normalized spacial score (nSPS) is 33.0. The first-order valence-electron chi connectivity index (χ1n) is 7.12. The minimum Gasteiger partial charge on any atom is -0.504 e. The summed E-state index contributed by atoms with van der Waals surface area (Å²) in [5.74, 6) is 0.580. The highest BCUT2D eigenvalue weighted by atomic mass is 16.5. The quantitative estimate of drug-likeness (QED) is 0.810. The molecule has 4 nitrogen and oxygen atoms in total. The third-order valence-corrected chi connectivity index (χ3v) is 3.05. The minimum atomic E-state index is -0.133. The molecule has 114 valence electrons. The number of aliphatic hydroxyl groups is 2. The number of hydrogen-bond acceptors (Lipinski definition) is 4. The Hall–Kier alpha value is -1.58. The van der Waals surface area contributed by atoms with Gasteiger partial charge < -0.3 is 19.7 Å². The van der Waals surface area contributed by atoms with Gasteiger partial charge in [0.15, 0.2) is 11.5 Å². The molecule has 0 heterocycles. The maximum absolute atomic E-state index is 10.3. The van der Waals surface area contributed by atoms with E-state index in [0.29, 0.717) is 0 Å². The van der Waals surface area contributed by atoms with Crippen LogP contribution >= 0.6 is 0 Å². The van der Waals surface area contributed by atoms with Gasteiger partial charge in [0.1, 0.15) is 0 Å². The molecule has 0 aromatic heterocycles. The van der Waals surface area contributed by atoms with E-state index in [1.807, 2.05) is 41.5 Å². The first-order valence-corrected chi connectivity index (χ1v) is 7.12. The monoisotopic (exact) mass is 282 g/mol. The molecule has 0 spiro atoms. The number of hydrogen-bond donors (Lipinski definition) is 2. The Labute approximate surface area is 121 Å². The maximum atomic E-state index is 10.3. The van der Waals surface area contributed by atoms with Gasteiger partial charge in [-0.15, -0.1) is 0 Å². The van der Waals surface area contributed by atoms with Crippen LogP contribution in [-0.2, 0) is 9.47 Å². The van der Waals surface area contributed by atoms with Crippen LogP contribution in [0.3, 0.4) is 0 Å². The summed E-state index contributed by atoms with van der Waals surface area (Å²) < 4.78 is 11.3. The van der Waals surface area contributed by atoms with Crippen molar-refractivity contribution < 1.29 is 19.7 Å². The van der Waals surface area contributed by atoms with E-state index >= 15 is 0 Å². The fourth-order valence-corrected chi connectivity index (χ4v) is 1.88. The highest BCUT2D eigenvalue weighted by molar-refractivity contribution is 5.34. The van der Waals surface area contributed by atoms with Gasteiger partial charge in [0.25, 0.3) is 0 Å². The molecule has 1 aliphatic carbocycles. The van der Waals surface area contributed by atoms with Crippen molar-refractivity contribution in [1.82, 2.24) is 0 Å². The number of rotatable bonds is 4. The van der Waals surface area contributed by atoms with Crippen LogP contribution in [0.5, 0.6) is 0 Å². The summed E-state index contributed by atoms with van der Waals surface area (Å²) in [6.07, 6.45) is 3.20. The molecule has 0 aliphatic heterocycles. The molecular formula is C16H26O4. The van der Waals surface area contributed by atoms with E-state index in [9.17, 15) is 10.2 Å². The molecule has 1 aliphatic rings. The van der Waals surface area contributed by atoms with E-state index in [2.05, 4.69) is 0 Å². The molecule has 4 heteroatoms. The molecular weight excluding hydrogens is 256 g/mol. The second-order valence-corrected chi connectivity index (χ2v) is 5.81. The molecule has 1 rings (SSSR count). The van der Waals surface area contributed by atoms with Crippen LogP contribution in [0.1, 0.15) is 41.5 Å². The summed E-state index contributed by atoms with van der Waals surface area (Å²) in [7, 11) is 0. The predicted molar refractivity (Wildman–Crippen MR) is 79.2 cm³/mol. The summed E-state index contributed by atoms with van der Waals surface area (Å²) in [4.78, 5) is 0. The van der Waals surface area contributed by atoms with Crippen LogP contribution in [0.15, 0.2) is 35.2 Å². The Bertz CT molecular complexity index is 390. The van der Waals surface area contributed by atoms with E-state index < -0.39 is 0 Å². The van der Waals surface area contributed by atoms with Gasteiger partial charge in [-0.05, 0) is 51.7 Å². The molecule has 0 saturated carbocycles. The predicted octanol–water partition coefficient (Wildman–Crippen LogP) is 4.22. The second-order valence-electron chi connectivity index (χ2n) is 5.81. The fourth-order valence-electron chi connectivity index (χ4n) is 1.88. The van der Waals surface area contributed by atoms with Crippen LogP contribution in [0.25, 0.3) is 0 Å². The molecule has 0 bridgehead atoms. The van der Waals surface area contributed by atoms with Gasteiger partial charge in [0.2, 0.25) is 11.5 Å². The van der Waals surface area contributed by atoms with Crippen molar-refractivity contribution in [2.24, 2.45) is 11.8 Å². The van der Waals surface area contributed by atoms with Gasteiger partial charge in [-0.25, -0.2) is 0 Å². The number of ether oxygens (including phenoxy) is 2. The van der Waals surface area contributed by atoms with Crippen molar-refractivity contribution in [3.05, 3.63) is 35.2 Å². The van der Waals surface area contributed by atoms with E-state index in [0.717, 1.165) is 0 Å². The van der Waals surface area contributed by atoms with Crippen LogP contribution in [0.4, 0.5) is 0 Å². The summed E-state index contributed by atoms with van der Waals surface area (Å²) in [6, 6.07) is 0. The zero-order chi connectivity index (χ0) is 15.4. The van der Waals surface area contributed by atoms with Crippen molar-refractivity contribution in [1.29, 1.82) is 0 Å². The lowest BCUT2D eigenvalue weighted by atomic mass is 9.92. The Morgan fingerprint density at radius 2 is 1.10 bits per heavy atom. The molecule has 0 aromatic rings. The molecule has 2 atom stereocenters. The second kappa shape index (κ2) is 6.73. The SMILES string of the molecule is CC(C)OC1=C(OC(C)C)/C(O)=C\C(C)C(C)/C=C\1O. The van der Waals surface area contributed by atoms with E-state index in [4.69, 9.17) is 9.47 Å². The lowest BCUT2D eigenvalue weighted by Crippen LogP contribution is -2.17. The topological polar surface area (TPSA) is 58.9 Å². The molecule has 0 saturated heterocycles. The lowest BCUT2D eigenvalue weighted by Gasteiger charge is -2.24. The molecule has 0 amide bonds. The van der Waals surface area contributed by atoms with Gasteiger partial charge in [0.05, 0.1) is 12.2 Å². The summed E-state index contributed by atoms with van der Waals surface area (Å²) in [6.45, 7) is 11.4. The van der Waals surface area contributed by atoms with Crippen LogP contribution < -0.4 is 0 Å². The first kappa shape index (κ1) is 16.5. The van der Waals surface area contributed by atoms with Crippen LogP contribution in [0, 0.1) is 11.8 Å². The molecule has 2 N–H and O–H groups in total. The van der Waals surface area contributed by atoms with Crippen LogP contribution in [0.2, 0.25) is 0 Å². The van der Waals surface area contributed by atoms with E-state index in [1.54, 1.807) is 12.2 Å². The standard InChI is InChI=1S/C16H26O4/c1-9(2)19-15-13(17)7-11(5)12(6)8-14(18)16(15)20-10(3)4/h7-12,17-18H,1-6H3/b13-7+,14-8+,16-15-. The van der Waals surface area contributed by atoms with Crippen molar-refractivity contribution >= 4 is 0 Å². The Kier molecular flexibility index (Phi) is 5.54. The molecule has 0 fully saturated rings. The largest absolute Gasteiger partial charge is 0.504 e. The highest BCUT2D eigenvalue weighted by Crippen LogP contribution is 2.30. The summed E-state index contributed by atoms with van der Waals surface area (Å²) >= 11 is 0. The van der Waals surface area contributed by atoms with Gasteiger partial charge in [-0.3, -0.25) is 0 Å². The van der Waals surface area contributed by atoms with Gasteiger partial charge in [-0.1, -0.05) is 13.8 Å². The Morgan fingerprint density at radius 3 is 1.35 bits per heavy atom. The van der Waals surface area contributed by atoms with Crippen molar-refractivity contribution in [3.63, 3.8) is 0 Å². The fraction of sp³-hybridized carbons (Fsp3) is 0.625.